The number of hydrogen-bond donors (Lipinski definition) is 3. The summed E-state index contributed by atoms with van der Waals surface area (Å²) < 4.78 is 0. The lowest BCUT2D eigenvalue weighted by Crippen LogP contribution is -2.28. The van der Waals surface area contributed by atoms with Crippen molar-refractivity contribution in [3.8, 4) is 0 Å². The molecule has 1 saturated heterocycles. The predicted octanol–water partition coefficient (Wildman–Crippen LogP) is 1.71. The van der Waals surface area contributed by atoms with Crippen molar-refractivity contribution >= 4 is 17.3 Å². The van der Waals surface area contributed by atoms with Crippen molar-refractivity contribution in [2.45, 2.75) is 31.8 Å². The van der Waals surface area contributed by atoms with E-state index in [0.717, 1.165) is 31.6 Å². The zero-order valence-electron chi connectivity index (χ0n) is 11.1. The minimum Gasteiger partial charge on any atom is -0.478 e. The van der Waals surface area contributed by atoms with Crippen molar-refractivity contribution in [1.82, 2.24) is 0 Å². The van der Waals surface area contributed by atoms with E-state index in [4.69, 9.17) is 10.8 Å². The number of aliphatic hydroxyl groups is 1. The van der Waals surface area contributed by atoms with Gasteiger partial charge in [-0.2, -0.15) is 0 Å². The molecule has 5 heteroatoms. The standard InChI is InChI=1S/C14H20N2O3/c1-14(19)5-2-7-16(8-6-14)12-4-3-10(13(17)18)9-11(12)15/h3-4,9,19H,2,5-8,15H2,1H3,(H,17,18). The Morgan fingerprint density at radius 1 is 1.37 bits per heavy atom. The molecule has 0 bridgehead atoms. The fourth-order valence-corrected chi connectivity index (χ4v) is 2.48. The number of benzene rings is 1. The topological polar surface area (TPSA) is 86.8 Å². The van der Waals surface area contributed by atoms with Gasteiger partial charge in [0.1, 0.15) is 0 Å². The number of nitrogens with zero attached hydrogens (tertiary/aromatic N) is 1. The smallest absolute Gasteiger partial charge is 0.335 e. The van der Waals surface area contributed by atoms with Gasteiger partial charge < -0.3 is 20.8 Å². The number of nitrogen functional groups attached to an aromatic ring is 1. The second-order valence-corrected chi connectivity index (χ2v) is 5.42. The summed E-state index contributed by atoms with van der Waals surface area (Å²) >= 11 is 0. The maximum Gasteiger partial charge on any atom is 0.335 e. The summed E-state index contributed by atoms with van der Waals surface area (Å²) in [4.78, 5) is 13.0. The lowest BCUT2D eigenvalue weighted by molar-refractivity contribution is 0.0481. The fraction of sp³-hybridized carbons (Fsp3) is 0.500. The number of carboxylic acids is 1. The number of carbonyl (C=O) groups is 1. The molecule has 4 N–H and O–H groups in total. The molecular weight excluding hydrogens is 244 g/mol. The molecule has 1 aliphatic heterocycles. The van der Waals surface area contributed by atoms with Crippen LogP contribution in [0.1, 0.15) is 36.5 Å². The minimum atomic E-state index is -0.975. The number of hydrogen-bond acceptors (Lipinski definition) is 4. The molecule has 0 radical (unpaired) electrons. The number of nitrogens with two attached hydrogens (primary N) is 1. The first kappa shape index (κ1) is 13.7. The molecule has 1 fully saturated rings. The maximum absolute atomic E-state index is 10.9. The fourth-order valence-electron chi connectivity index (χ4n) is 2.48. The zero-order chi connectivity index (χ0) is 14.0. The molecular formula is C14H20N2O3. The molecule has 0 amide bonds. The van der Waals surface area contributed by atoms with Gasteiger partial charge in [-0.1, -0.05) is 0 Å². The van der Waals surface area contributed by atoms with Gasteiger partial charge in [-0.05, 0) is 44.4 Å². The predicted molar refractivity (Wildman–Crippen MR) is 74.5 cm³/mol. The molecule has 1 aromatic rings. The molecule has 2 rings (SSSR count). The third kappa shape index (κ3) is 3.17. The molecule has 5 nitrogen and oxygen atoms in total. The van der Waals surface area contributed by atoms with Crippen LogP contribution >= 0.6 is 0 Å². The van der Waals surface area contributed by atoms with Crippen LogP contribution in [-0.2, 0) is 0 Å². The Morgan fingerprint density at radius 2 is 2.11 bits per heavy atom. The number of aromatic carboxylic acids is 1. The number of carboxylic acid groups (broad SMARTS) is 1. The first-order valence-electron chi connectivity index (χ1n) is 6.49. The van der Waals surface area contributed by atoms with Gasteiger partial charge in [-0.25, -0.2) is 4.79 Å². The van der Waals surface area contributed by atoms with Crippen molar-refractivity contribution in [2.75, 3.05) is 23.7 Å². The van der Waals surface area contributed by atoms with Gasteiger partial charge >= 0.3 is 5.97 Å². The Balaban J connectivity index is 2.20. The zero-order valence-corrected chi connectivity index (χ0v) is 11.1. The molecule has 0 aliphatic carbocycles. The first-order chi connectivity index (χ1) is 8.89. The quantitative estimate of drug-likeness (QED) is 0.708. The van der Waals surface area contributed by atoms with Gasteiger partial charge in [0, 0.05) is 13.1 Å². The summed E-state index contributed by atoms with van der Waals surface area (Å²) in [6.07, 6.45) is 2.36. The highest BCUT2D eigenvalue weighted by Crippen LogP contribution is 2.29. The van der Waals surface area contributed by atoms with E-state index in [1.807, 2.05) is 6.92 Å². The average Bonchev–Trinajstić information content (AvgIpc) is 2.50. The summed E-state index contributed by atoms with van der Waals surface area (Å²) in [6.45, 7) is 3.41. The molecule has 0 saturated carbocycles. The molecule has 0 spiro atoms. The Bertz CT molecular complexity index is 486. The third-order valence-corrected chi connectivity index (χ3v) is 3.68. The van der Waals surface area contributed by atoms with Gasteiger partial charge in [-0.15, -0.1) is 0 Å². The van der Waals surface area contributed by atoms with E-state index in [-0.39, 0.29) is 5.56 Å². The van der Waals surface area contributed by atoms with E-state index in [9.17, 15) is 9.90 Å². The summed E-state index contributed by atoms with van der Waals surface area (Å²) in [7, 11) is 0. The van der Waals surface area contributed by atoms with Crippen molar-refractivity contribution < 1.29 is 15.0 Å². The van der Waals surface area contributed by atoms with E-state index < -0.39 is 11.6 Å². The van der Waals surface area contributed by atoms with E-state index in [0.29, 0.717) is 12.1 Å². The van der Waals surface area contributed by atoms with Crippen molar-refractivity contribution in [3.05, 3.63) is 23.8 Å². The monoisotopic (exact) mass is 264 g/mol. The van der Waals surface area contributed by atoms with Crippen LogP contribution in [0.2, 0.25) is 0 Å². The Labute approximate surface area is 112 Å². The summed E-state index contributed by atoms with van der Waals surface area (Å²) in [5.74, 6) is -0.975. The maximum atomic E-state index is 10.9. The van der Waals surface area contributed by atoms with Crippen LogP contribution in [0.4, 0.5) is 11.4 Å². The van der Waals surface area contributed by atoms with Crippen molar-refractivity contribution in [3.63, 3.8) is 0 Å². The Kier molecular flexibility index (Phi) is 3.66. The third-order valence-electron chi connectivity index (χ3n) is 3.68. The molecule has 1 aromatic carbocycles. The number of rotatable bonds is 2. The molecule has 1 heterocycles. The Morgan fingerprint density at radius 3 is 2.74 bits per heavy atom. The van der Waals surface area contributed by atoms with Gasteiger partial charge in [0.15, 0.2) is 0 Å². The molecule has 1 atom stereocenters. The molecule has 104 valence electrons. The minimum absolute atomic E-state index is 0.197. The highest BCUT2D eigenvalue weighted by atomic mass is 16.4. The van der Waals surface area contributed by atoms with Crippen LogP contribution in [-0.4, -0.2) is 34.9 Å². The lowest BCUT2D eigenvalue weighted by Gasteiger charge is -2.25. The number of anilines is 2. The van der Waals surface area contributed by atoms with Crippen molar-refractivity contribution in [1.29, 1.82) is 0 Å². The molecule has 1 aliphatic rings. The van der Waals surface area contributed by atoms with Crippen molar-refractivity contribution in [2.24, 2.45) is 0 Å². The van der Waals surface area contributed by atoms with Crippen LogP contribution in [0.25, 0.3) is 0 Å². The Hall–Kier alpha value is -1.75. The van der Waals surface area contributed by atoms with Crippen LogP contribution in [0.3, 0.4) is 0 Å². The van der Waals surface area contributed by atoms with Gasteiger partial charge in [0.05, 0.1) is 22.5 Å². The van der Waals surface area contributed by atoms with Crippen LogP contribution < -0.4 is 10.6 Å². The van der Waals surface area contributed by atoms with E-state index >= 15 is 0 Å². The second-order valence-electron chi connectivity index (χ2n) is 5.42. The molecule has 0 aromatic heterocycles. The highest BCUT2D eigenvalue weighted by Gasteiger charge is 2.25. The molecule has 19 heavy (non-hydrogen) atoms. The SMILES string of the molecule is CC1(O)CCCN(c2ccc(C(=O)O)cc2N)CC1. The van der Waals surface area contributed by atoms with Gasteiger partial charge in [0.2, 0.25) is 0 Å². The second kappa shape index (κ2) is 5.09. The van der Waals surface area contributed by atoms with E-state index in [1.165, 1.54) is 6.07 Å². The summed E-state index contributed by atoms with van der Waals surface area (Å²) in [5.41, 5.74) is 6.84. The average molecular weight is 264 g/mol. The first-order valence-corrected chi connectivity index (χ1v) is 6.49. The summed E-state index contributed by atoms with van der Waals surface area (Å²) in [5, 5.41) is 19.0. The normalized spacial score (nSPS) is 24.0. The largest absolute Gasteiger partial charge is 0.478 e. The van der Waals surface area contributed by atoms with Gasteiger partial charge in [0.25, 0.3) is 0 Å². The van der Waals surface area contributed by atoms with Crippen LogP contribution in [0, 0.1) is 0 Å². The van der Waals surface area contributed by atoms with Gasteiger partial charge in [-0.3, -0.25) is 0 Å². The van der Waals surface area contributed by atoms with E-state index in [1.54, 1.807) is 12.1 Å². The highest BCUT2D eigenvalue weighted by molar-refractivity contribution is 5.90. The summed E-state index contributed by atoms with van der Waals surface area (Å²) in [6, 6.07) is 4.80. The van der Waals surface area contributed by atoms with Crippen LogP contribution in [0.5, 0.6) is 0 Å². The van der Waals surface area contributed by atoms with E-state index in [2.05, 4.69) is 4.90 Å². The molecule has 1 unspecified atom stereocenters. The van der Waals surface area contributed by atoms with Crippen LogP contribution in [0.15, 0.2) is 18.2 Å². The lowest BCUT2D eigenvalue weighted by atomic mass is 9.98.